The second-order valence-corrected chi connectivity index (χ2v) is 7.08. The maximum atomic E-state index is 5.07. The van der Waals surface area contributed by atoms with E-state index in [1.807, 2.05) is 7.05 Å². The Morgan fingerprint density at radius 3 is 2.62 bits per heavy atom. The summed E-state index contributed by atoms with van der Waals surface area (Å²) in [5.74, 6) is 0.900. The van der Waals surface area contributed by atoms with Gasteiger partial charge in [0, 0.05) is 57.5 Å². The highest BCUT2D eigenvalue weighted by molar-refractivity contribution is 9.10. The Morgan fingerprint density at radius 2 is 2.00 bits per heavy atom. The number of aliphatic imine (C=N–C) groups is 1. The monoisotopic (exact) mass is 396 g/mol. The van der Waals surface area contributed by atoms with E-state index in [2.05, 4.69) is 60.7 Å². The van der Waals surface area contributed by atoms with Crippen molar-refractivity contribution in [1.82, 2.24) is 15.5 Å². The smallest absolute Gasteiger partial charge is 0.191 e. The zero-order valence-corrected chi connectivity index (χ0v) is 16.3. The van der Waals surface area contributed by atoms with E-state index in [0.717, 1.165) is 62.5 Å². The number of benzene rings is 1. The molecule has 2 rings (SSSR count). The number of methoxy groups -OCH3 is 1. The second kappa shape index (κ2) is 10.7. The van der Waals surface area contributed by atoms with Crippen molar-refractivity contribution in [2.45, 2.75) is 31.8 Å². The molecule has 0 radical (unpaired) electrons. The van der Waals surface area contributed by atoms with Crippen molar-refractivity contribution in [2.24, 2.45) is 4.99 Å². The first-order valence-electron chi connectivity index (χ1n) is 8.64. The Labute approximate surface area is 154 Å². The lowest BCUT2D eigenvalue weighted by atomic mass is 10.0. The van der Waals surface area contributed by atoms with E-state index >= 15 is 0 Å². The standard InChI is InChI=1S/C18H29BrN4O/c1-20-18(21-10-3-13-24-2)22-17-8-11-23(12-9-17)14-15-4-6-16(19)7-5-15/h4-7,17H,3,8-14H2,1-2H3,(H2,20,21,22). The molecule has 0 aliphatic carbocycles. The van der Waals surface area contributed by atoms with Gasteiger partial charge in [-0.15, -0.1) is 0 Å². The summed E-state index contributed by atoms with van der Waals surface area (Å²) in [4.78, 5) is 6.83. The van der Waals surface area contributed by atoms with Crippen molar-refractivity contribution in [2.75, 3.05) is 40.4 Å². The van der Waals surface area contributed by atoms with E-state index in [9.17, 15) is 0 Å². The lowest BCUT2D eigenvalue weighted by Gasteiger charge is -2.33. The largest absolute Gasteiger partial charge is 0.385 e. The zero-order chi connectivity index (χ0) is 17.2. The van der Waals surface area contributed by atoms with Gasteiger partial charge in [0.2, 0.25) is 0 Å². The van der Waals surface area contributed by atoms with Gasteiger partial charge in [0.15, 0.2) is 5.96 Å². The predicted octanol–water partition coefficient (Wildman–Crippen LogP) is 2.62. The molecule has 1 saturated heterocycles. The van der Waals surface area contributed by atoms with Gasteiger partial charge >= 0.3 is 0 Å². The molecular formula is C18H29BrN4O. The van der Waals surface area contributed by atoms with Crippen LogP contribution in [-0.2, 0) is 11.3 Å². The molecule has 0 saturated carbocycles. The minimum absolute atomic E-state index is 0.500. The molecule has 0 aromatic heterocycles. The van der Waals surface area contributed by atoms with Gasteiger partial charge in [0.05, 0.1) is 0 Å². The summed E-state index contributed by atoms with van der Waals surface area (Å²) in [7, 11) is 3.56. The summed E-state index contributed by atoms with van der Waals surface area (Å²) >= 11 is 3.49. The third-order valence-corrected chi connectivity index (χ3v) is 4.82. The van der Waals surface area contributed by atoms with Gasteiger partial charge in [-0.3, -0.25) is 9.89 Å². The number of ether oxygens (including phenoxy) is 1. The van der Waals surface area contributed by atoms with Crippen LogP contribution in [0.25, 0.3) is 0 Å². The van der Waals surface area contributed by atoms with Crippen LogP contribution < -0.4 is 10.6 Å². The zero-order valence-electron chi connectivity index (χ0n) is 14.7. The Hall–Kier alpha value is -1.11. The highest BCUT2D eigenvalue weighted by atomic mass is 79.9. The fraction of sp³-hybridized carbons (Fsp3) is 0.611. The maximum absolute atomic E-state index is 5.07. The summed E-state index contributed by atoms with van der Waals surface area (Å²) in [6.45, 7) is 4.93. The van der Waals surface area contributed by atoms with E-state index < -0.39 is 0 Å². The van der Waals surface area contributed by atoms with E-state index in [1.165, 1.54) is 5.56 Å². The molecule has 1 aromatic rings. The van der Waals surface area contributed by atoms with Crippen LogP contribution in [-0.4, -0.2) is 57.3 Å². The molecule has 6 heteroatoms. The molecule has 0 bridgehead atoms. The number of guanidine groups is 1. The maximum Gasteiger partial charge on any atom is 0.191 e. The summed E-state index contributed by atoms with van der Waals surface area (Å²) in [5.41, 5.74) is 1.38. The number of nitrogens with one attached hydrogen (secondary N) is 2. The SMILES string of the molecule is CN=C(NCCCOC)NC1CCN(Cc2ccc(Br)cc2)CC1. The van der Waals surface area contributed by atoms with Crippen LogP contribution in [0.5, 0.6) is 0 Å². The van der Waals surface area contributed by atoms with Gasteiger partial charge in [-0.2, -0.15) is 0 Å². The lowest BCUT2D eigenvalue weighted by Crippen LogP contribution is -2.48. The Morgan fingerprint density at radius 1 is 1.29 bits per heavy atom. The second-order valence-electron chi connectivity index (χ2n) is 6.17. The van der Waals surface area contributed by atoms with Crippen molar-refractivity contribution >= 4 is 21.9 Å². The topological polar surface area (TPSA) is 48.9 Å². The van der Waals surface area contributed by atoms with Crippen molar-refractivity contribution in [3.63, 3.8) is 0 Å². The average molecular weight is 397 g/mol. The first-order valence-corrected chi connectivity index (χ1v) is 9.43. The van der Waals surface area contributed by atoms with Crippen molar-refractivity contribution in [1.29, 1.82) is 0 Å². The van der Waals surface area contributed by atoms with Gasteiger partial charge in [0.1, 0.15) is 0 Å². The number of piperidine rings is 1. The average Bonchev–Trinajstić information content (AvgIpc) is 2.61. The van der Waals surface area contributed by atoms with Crippen molar-refractivity contribution in [3.05, 3.63) is 34.3 Å². The molecule has 1 heterocycles. The molecule has 1 aromatic carbocycles. The molecule has 24 heavy (non-hydrogen) atoms. The number of halogens is 1. The van der Waals surface area contributed by atoms with Crippen LogP contribution in [0.1, 0.15) is 24.8 Å². The van der Waals surface area contributed by atoms with E-state index in [-0.39, 0.29) is 0 Å². The minimum Gasteiger partial charge on any atom is -0.385 e. The first-order chi connectivity index (χ1) is 11.7. The van der Waals surface area contributed by atoms with Crippen LogP contribution in [0.2, 0.25) is 0 Å². The molecule has 0 spiro atoms. The highest BCUT2D eigenvalue weighted by Crippen LogP contribution is 2.16. The highest BCUT2D eigenvalue weighted by Gasteiger charge is 2.19. The third kappa shape index (κ3) is 6.79. The molecule has 1 aliphatic heterocycles. The van der Waals surface area contributed by atoms with E-state index in [4.69, 9.17) is 4.74 Å². The number of nitrogens with zero attached hydrogens (tertiary/aromatic N) is 2. The molecule has 1 aliphatic rings. The Bertz CT molecular complexity index is 498. The normalized spacial score (nSPS) is 17.0. The fourth-order valence-corrected chi connectivity index (χ4v) is 3.16. The van der Waals surface area contributed by atoms with Crippen molar-refractivity contribution < 1.29 is 4.74 Å². The van der Waals surface area contributed by atoms with Crippen LogP contribution in [0, 0.1) is 0 Å². The number of likely N-dealkylation sites (tertiary alicyclic amines) is 1. The first kappa shape index (κ1) is 19.2. The van der Waals surface area contributed by atoms with Crippen molar-refractivity contribution in [3.8, 4) is 0 Å². The fourth-order valence-electron chi connectivity index (χ4n) is 2.89. The Balaban J connectivity index is 1.68. The lowest BCUT2D eigenvalue weighted by molar-refractivity contribution is 0.194. The van der Waals surface area contributed by atoms with E-state index in [1.54, 1.807) is 7.11 Å². The third-order valence-electron chi connectivity index (χ3n) is 4.29. The van der Waals surface area contributed by atoms with E-state index in [0.29, 0.717) is 6.04 Å². The Kier molecular flexibility index (Phi) is 8.56. The molecule has 0 unspecified atom stereocenters. The predicted molar refractivity (Wildman–Crippen MR) is 103 cm³/mol. The van der Waals surface area contributed by atoms with Gasteiger partial charge < -0.3 is 15.4 Å². The van der Waals surface area contributed by atoms with Crippen LogP contribution in [0.4, 0.5) is 0 Å². The van der Waals surface area contributed by atoms with Crippen LogP contribution in [0.3, 0.4) is 0 Å². The van der Waals surface area contributed by atoms with Gasteiger partial charge in [0.25, 0.3) is 0 Å². The molecule has 1 fully saturated rings. The van der Waals surface area contributed by atoms with Crippen LogP contribution in [0.15, 0.2) is 33.7 Å². The quantitative estimate of drug-likeness (QED) is 0.422. The summed E-state index contributed by atoms with van der Waals surface area (Å²) < 4.78 is 6.20. The molecule has 134 valence electrons. The van der Waals surface area contributed by atoms with Gasteiger partial charge in [-0.05, 0) is 37.0 Å². The number of rotatable bonds is 7. The molecule has 0 amide bonds. The number of hydrogen-bond donors (Lipinski definition) is 2. The molecule has 5 nitrogen and oxygen atoms in total. The van der Waals surface area contributed by atoms with Crippen LogP contribution >= 0.6 is 15.9 Å². The molecular weight excluding hydrogens is 368 g/mol. The molecule has 0 atom stereocenters. The van der Waals surface area contributed by atoms with Gasteiger partial charge in [-0.25, -0.2) is 0 Å². The number of hydrogen-bond acceptors (Lipinski definition) is 3. The molecule has 2 N–H and O–H groups in total. The summed E-state index contributed by atoms with van der Waals surface area (Å²) in [5, 5.41) is 6.89. The van der Waals surface area contributed by atoms with Gasteiger partial charge in [-0.1, -0.05) is 28.1 Å². The summed E-state index contributed by atoms with van der Waals surface area (Å²) in [6.07, 6.45) is 3.29. The summed E-state index contributed by atoms with van der Waals surface area (Å²) in [6, 6.07) is 9.12. The minimum atomic E-state index is 0.500.